The quantitative estimate of drug-likeness (QED) is 0.501. The van der Waals surface area contributed by atoms with Crippen LogP contribution in [0, 0.1) is 5.41 Å². The molecule has 0 N–H and O–H groups in total. The highest BCUT2D eigenvalue weighted by Gasteiger charge is 2.35. The number of Topliss-reactive ketones (excluding diaryl/α,β-unsaturated/α-hetero) is 1. The molecule has 122 valence electrons. The van der Waals surface area contributed by atoms with E-state index in [1.54, 1.807) is 38.1 Å². The molecule has 0 aromatic heterocycles. The van der Waals surface area contributed by atoms with Crippen molar-refractivity contribution in [2.75, 3.05) is 20.3 Å². The van der Waals surface area contributed by atoms with Crippen LogP contribution in [-0.2, 0) is 19.1 Å². The minimum absolute atomic E-state index is 0.0555. The Hall–Kier alpha value is -1.11. The number of ether oxygens (including phenoxy) is 3. The first-order valence-corrected chi connectivity index (χ1v) is 7.81. The topological polar surface area (TPSA) is 61.8 Å². The van der Waals surface area contributed by atoms with E-state index in [0.29, 0.717) is 10.8 Å². The summed E-state index contributed by atoms with van der Waals surface area (Å²) in [5.41, 5.74) is -0.899. The van der Waals surface area contributed by atoms with Crippen LogP contribution in [0.15, 0.2) is 24.3 Å². The lowest BCUT2D eigenvalue weighted by atomic mass is 9.89. The zero-order valence-corrected chi connectivity index (χ0v) is 14.9. The van der Waals surface area contributed by atoms with Crippen LogP contribution >= 0.6 is 27.5 Å². The molecule has 0 aliphatic carbocycles. The van der Waals surface area contributed by atoms with Crippen LogP contribution in [0.25, 0.3) is 0 Å². The number of hydrogen-bond donors (Lipinski definition) is 0. The van der Waals surface area contributed by atoms with E-state index in [4.69, 9.17) is 21.1 Å². The normalized spacial score (nSPS) is 12.6. The molecule has 0 radical (unpaired) electrons. The summed E-state index contributed by atoms with van der Waals surface area (Å²) >= 11 is 8.99. The molecule has 5 nitrogen and oxygen atoms in total. The predicted octanol–water partition coefficient (Wildman–Crippen LogP) is 3.22. The molecule has 1 aromatic rings. The van der Waals surface area contributed by atoms with E-state index in [1.807, 2.05) is 0 Å². The summed E-state index contributed by atoms with van der Waals surface area (Å²) in [4.78, 5) is 23.7. The van der Waals surface area contributed by atoms with E-state index in [1.165, 1.54) is 7.11 Å². The third-order valence-electron chi connectivity index (χ3n) is 2.78. The Morgan fingerprint density at radius 3 is 2.41 bits per heavy atom. The molecular weight excluding hydrogens is 376 g/mol. The summed E-state index contributed by atoms with van der Waals surface area (Å²) in [6, 6.07) is 6.66. The Morgan fingerprint density at radius 2 is 1.86 bits per heavy atom. The van der Waals surface area contributed by atoms with Crippen molar-refractivity contribution in [3.05, 3.63) is 29.3 Å². The van der Waals surface area contributed by atoms with Gasteiger partial charge in [-0.15, -0.1) is 0 Å². The van der Waals surface area contributed by atoms with Gasteiger partial charge in [-0.05, 0) is 54.0 Å². The highest BCUT2D eigenvalue weighted by molar-refractivity contribution is 9.09. The lowest BCUT2D eigenvalue weighted by molar-refractivity contribution is -0.153. The molecule has 1 unspecified atom stereocenters. The van der Waals surface area contributed by atoms with Crippen molar-refractivity contribution in [2.24, 2.45) is 5.41 Å². The second-order valence-corrected chi connectivity index (χ2v) is 6.50. The molecule has 1 aromatic carbocycles. The fourth-order valence-electron chi connectivity index (χ4n) is 1.48. The molecule has 0 bridgehead atoms. The summed E-state index contributed by atoms with van der Waals surface area (Å²) in [7, 11) is 1.39. The number of hydrogen-bond acceptors (Lipinski definition) is 5. The van der Waals surface area contributed by atoms with E-state index in [2.05, 4.69) is 20.7 Å². The summed E-state index contributed by atoms with van der Waals surface area (Å²) in [6.07, 6.45) is 0. The highest BCUT2D eigenvalue weighted by atomic mass is 79.9. The molecular formula is C15H18BrClO5. The number of carbonyl (C=O) groups is 2. The van der Waals surface area contributed by atoms with Gasteiger partial charge in [0, 0.05) is 12.1 Å². The van der Waals surface area contributed by atoms with Gasteiger partial charge in [-0.3, -0.25) is 4.79 Å². The number of ketones is 1. The van der Waals surface area contributed by atoms with Gasteiger partial charge in [-0.2, -0.15) is 0 Å². The third kappa shape index (κ3) is 5.94. The summed E-state index contributed by atoms with van der Waals surface area (Å²) in [5.74, 6) is -0.257. The Bertz CT molecular complexity index is 515. The maximum absolute atomic E-state index is 12.4. The molecule has 1 atom stereocenters. The first kappa shape index (κ1) is 18.9. The Kier molecular flexibility index (Phi) is 7.32. The van der Waals surface area contributed by atoms with Crippen molar-refractivity contribution in [3.63, 3.8) is 0 Å². The summed E-state index contributed by atoms with van der Waals surface area (Å²) in [5, 5.41) is -0.278. The second kappa shape index (κ2) is 8.50. The van der Waals surface area contributed by atoms with Crippen LogP contribution in [0.3, 0.4) is 0 Å². The number of methoxy groups -OCH3 is 1. The van der Waals surface area contributed by atoms with Gasteiger partial charge in [0.25, 0.3) is 0 Å². The van der Waals surface area contributed by atoms with Gasteiger partial charge >= 0.3 is 5.97 Å². The number of rotatable bonds is 8. The van der Waals surface area contributed by atoms with Crippen LogP contribution in [0.5, 0.6) is 5.75 Å². The third-order valence-corrected chi connectivity index (χ3v) is 3.64. The van der Waals surface area contributed by atoms with Crippen molar-refractivity contribution in [1.82, 2.24) is 0 Å². The van der Waals surface area contributed by atoms with Crippen molar-refractivity contribution in [1.29, 1.82) is 0 Å². The fourth-order valence-corrected chi connectivity index (χ4v) is 2.45. The molecule has 22 heavy (non-hydrogen) atoms. The van der Waals surface area contributed by atoms with Gasteiger partial charge in [0.2, 0.25) is 5.01 Å². The standard InChI is InChI=1S/C15H18BrClO5/c1-15(2,9-21-12(18)8-20-3)13(19)14(16)22-11-6-4-10(17)5-7-11/h4-7,14H,8-9H2,1-3H3. The second-order valence-electron chi connectivity index (χ2n) is 5.23. The fraction of sp³-hybridized carbons (Fsp3) is 0.467. The summed E-state index contributed by atoms with van der Waals surface area (Å²) in [6.45, 7) is 3.15. The highest BCUT2D eigenvalue weighted by Crippen LogP contribution is 2.25. The number of halogens is 2. The molecule has 0 aliphatic rings. The van der Waals surface area contributed by atoms with Crippen LogP contribution < -0.4 is 4.74 Å². The van der Waals surface area contributed by atoms with Gasteiger partial charge in [0.05, 0.1) is 5.41 Å². The molecule has 0 aliphatic heterocycles. The van der Waals surface area contributed by atoms with E-state index >= 15 is 0 Å². The molecule has 0 amide bonds. The predicted molar refractivity (Wildman–Crippen MR) is 86.4 cm³/mol. The molecule has 0 fully saturated rings. The van der Waals surface area contributed by atoms with E-state index < -0.39 is 16.4 Å². The first-order chi connectivity index (χ1) is 10.3. The molecule has 0 saturated heterocycles. The average molecular weight is 394 g/mol. The van der Waals surface area contributed by atoms with Crippen molar-refractivity contribution < 1.29 is 23.8 Å². The largest absolute Gasteiger partial charge is 0.471 e. The Morgan fingerprint density at radius 1 is 1.27 bits per heavy atom. The van der Waals surface area contributed by atoms with Gasteiger partial charge < -0.3 is 14.2 Å². The molecule has 7 heteroatoms. The smallest absolute Gasteiger partial charge is 0.332 e. The van der Waals surface area contributed by atoms with Gasteiger partial charge in [-0.1, -0.05) is 11.6 Å². The van der Waals surface area contributed by atoms with Crippen LogP contribution in [0.2, 0.25) is 5.02 Å². The molecule has 1 rings (SSSR count). The number of carbonyl (C=O) groups excluding carboxylic acids is 2. The van der Waals surface area contributed by atoms with Crippen molar-refractivity contribution in [3.8, 4) is 5.75 Å². The zero-order chi connectivity index (χ0) is 16.8. The van der Waals surface area contributed by atoms with Crippen LogP contribution in [0.4, 0.5) is 0 Å². The van der Waals surface area contributed by atoms with Crippen LogP contribution in [0.1, 0.15) is 13.8 Å². The minimum Gasteiger partial charge on any atom is -0.471 e. The Balaban J connectivity index is 2.59. The van der Waals surface area contributed by atoms with Gasteiger partial charge in [-0.25, -0.2) is 4.79 Å². The Labute approximate surface area is 143 Å². The van der Waals surface area contributed by atoms with E-state index in [9.17, 15) is 9.59 Å². The van der Waals surface area contributed by atoms with Gasteiger partial charge in [0.1, 0.15) is 19.0 Å². The average Bonchev–Trinajstić information content (AvgIpc) is 2.47. The lowest BCUT2D eigenvalue weighted by Gasteiger charge is -2.25. The first-order valence-electron chi connectivity index (χ1n) is 6.51. The number of benzene rings is 1. The summed E-state index contributed by atoms with van der Waals surface area (Å²) < 4.78 is 15.2. The van der Waals surface area contributed by atoms with Crippen molar-refractivity contribution >= 4 is 39.3 Å². The zero-order valence-electron chi connectivity index (χ0n) is 12.6. The minimum atomic E-state index is -0.899. The van der Waals surface area contributed by atoms with Crippen molar-refractivity contribution in [2.45, 2.75) is 18.9 Å². The SMILES string of the molecule is COCC(=O)OCC(C)(C)C(=O)C(Br)Oc1ccc(Cl)cc1. The van der Waals surface area contributed by atoms with E-state index in [-0.39, 0.29) is 19.0 Å². The molecule has 0 heterocycles. The maximum atomic E-state index is 12.4. The monoisotopic (exact) mass is 392 g/mol. The molecule has 0 saturated carbocycles. The number of esters is 1. The number of alkyl halides is 1. The van der Waals surface area contributed by atoms with Gasteiger partial charge in [0.15, 0.2) is 5.78 Å². The van der Waals surface area contributed by atoms with E-state index in [0.717, 1.165) is 0 Å². The molecule has 0 spiro atoms. The lowest BCUT2D eigenvalue weighted by Crippen LogP contribution is -2.38. The maximum Gasteiger partial charge on any atom is 0.332 e. The van der Waals surface area contributed by atoms with Crippen LogP contribution in [-0.4, -0.2) is 37.1 Å².